The molecule has 0 aliphatic carbocycles. The molecule has 9 heteroatoms. The summed E-state index contributed by atoms with van der Waals surface area (Å²) in [4.78, 5) is 10.2. The van der Waals surface area contributed by atoms with Crippen molar-refractivity contribution in [1.29, 1.82) is 0 Å². The lowest BCUT2D eigenvalue weighted by molar-refractivity contribution is -0.139. The van der Waals surface area contributed by atoms with E-state index in [0.717, 1.165) is 4.72 Å². The number of rotatable bonds is 4. The standard InChI is InChI=1S/C5H8F3NO4S/c1-2-3(4(10)11)9-14(12,13)5(6,7)8/h3,9H,2H2,1H3,(H,10,11)/t3-/m0/s1. The highest BCUT2D eigenvalue weighted by molar-refractivity contribution is 7.90. The maximum atomic E-state index is 11.8. The average Bonchev–Trinajstić information content (AvgIpc) is 1.97. The highest BCUT2D eigenvalue weighted by atomic mass is 32.2. The summed E-state index contributed by atoms with van der Waals surface area (Å²) in [5.74, 6) is -1.65. The summed E-state index contributed by atoms with van der Waals surface area (Å²) < 4.78 is 57.1. The Kier molecular flexibility index (Phi) is 3.89. The van der Waals surface area contributed by atoms with Gasteiger partial charge in [0, 0.05) is 0 Å². The quantitative estimate of drug-likeness (QED) is 0.733. The van der Waals surface area contributed by atoms with Crippen LogP contribution in [0.1, 0.15) is 13.3 Å². The summed E-state index contributed by atoms with van der Waals surface area (Å²) in [5, 5.41) is 8.31. The first-order valence-electron chi connectivity index (χ1n) is 3.43. The zero-order valence-electron chi connectivity index (χ0n) is 7.00. The van der Waals surface area contributed by atoms with Gasteiger partial charge in [-0.2, -0.15) is 17.9 Å². The molecule has 0 saturated heterocycles. The van der Waals surface area contributed by atoms with Crippen molar-refractivity contribution >= 4 is 16.0 Å². The van der Waals surface area contributed by atoms with Crippen LogP contribution in [0.2, 0.25) is 0 Å². The highest BCUT2D eigenvalue weighted by Crippen LogP contribution is 2.22. The van der Waals surface area contributed by atoms with Crippen molar-refractivity contribution < 1.29 is 31.5 Å². The van der Waals surface area contributed by atoms with Crippen molar-refractivity contribution in [3.8, 4) is 0 Å². The minimum absolute atomic E-state index is 0.273. The Morgan fingerprint density at radius 2 is 1.93 bits per heavy atom. The van der Waals surface area contributed by atoms with Gasteiger partial charge < -0.3 is 5.11 Å². The number of halogens is 3. The minimum atomic E-state index is -5.58. The molecule has 1 atom stereocenters. The molecule has 0 aromatic carbocycles. The number of carboxylic acids is 1. The zero-order chi connectivity index (χ0) is 11.6. The first-order valence-corrected chi connectivity index (χ1v) is 4.91. The molecule has 0 spiro atoms. The van der Waals surface area contributed by atoms with Gasteiger partial charge in [-0.25, -0.2) is 8.42 Å². The molecule has 0 saturated carbocycles. The third-order valence-corrected chi connectivity index (χ3v) is 2.51. The third-order valence-electron chi connectivity index (χ3n) is 1.31. The molecule has 0 heterocycles. The third kappa shape index (κ3) is 3.14. The van der Waals surface area contributed by atoms with Gasteiger partial charge in [-0.3, -0.25) is 4.79 Å². The topological polar surface area (TPSA) is 83.5 Å². The Labute approximate surface area is 78.0 Å². The second-order valence-electron chi connectivity index (χ2n) is 2.37. The lowest BCUT2D eigenvalue weighted by Crippen LogP contribution is -2.46. The minimum Gasteiger partial charge on any atom is -0.480 e. The zero-order valence-corrected chi connectivity index (χ0v) is 7.82. The maximum Gasteiger partial charge on any atom is 0.511 e. The smallest absolute Gasteiger partial charge is 0.480 e. The molecule has 0 radical (unpaired) electrons. The van der Waals surface area contributed by atoms with Crippen molar-refractivity contribution in [3.05, 3.63) is 0 Å². The number of aliphatic carboxylic acids is 1. The number of carboxylic acid groups (broad SMARTS) is 1. The second-order valence-corrected chi connectivity index (χ2v) is 4.07. The Morgan fingerprint density at radius 3 is 2.14 bits per heavy atom. The number of hydrogen-bond donors (Lipinski definition) is 2. The number of alkyl halides is 3. The molecule has 0 aliphatic heterocycles. The summed E-state index contributed by atoms with van der Waals surface area (Å²) in [6.07, 6.45) is -0.273. The number of carbonyl (C=O) groups is 1. The van der Waals surface area contributed by atoms with Gasteiger partial charge >= 0.3 is 21.5 Å². The number of sulfonamides is 1. The molecule has 2 N–H and O–H groups in total. The fraction of sp³-hybridized carbons (Fsp3) is 0.800. The summed E-state index contributed by atoms with van der Waals surface area (Å²) >= 11 is 0. The van der Waals surface area contributed by atoms with Crippen molar-refractivity contribution in [3.63, 3.8) is 0 Å². The Morgan fingerprint density at radius 1 is 1.50 bits per heavy atom. The van der Waals surface area contributed by atoms with E-state index in [1.165, 1.54) is 6.92 Å². The van der Waals surface area contributed by atoms with Crippen LogP contribution < -0.4 is 4.72 Å². The van der Waals surface area contributed by atoms with Gasteiger partial charge in [-0.05, 0) is 6.42 Å². The van der Waals surface area contributed by atoms with Crippen LogP contribution in [-0.2, 0) is 14.8 Å². The molecular weight excluding hydrogens is 227 g/mol. The van der Waals surface area contributed by atoms with E-state index in [2.05, 4.69) is 0 Å². The van der Waals surface area contributed by atoms with E-state index in [1.54, 1.807) is 0 Å². The first-order chi connectivity index (χ1) is 6.12. The van der Waals surface area contributed by atoms with E-state index >= 15 is 0 Å². The van der Waals surface area contributed by atoms with Crippen LogP contribution in [0.5, 0.6) is 0 Å². The molecule has 0 unspecified atom stereocenters. The van der Waals surface area contributed by atoms with Crippen molar-refractivity contribution in [1.82, 2.24) is 4.72 Å². The van der Waals surface area contributed by atoms with Crippen LogP contribution >= 0.6 is 0 Å². The SMILES string of the molecule is CC[C@H](NS(=O)(=O)C(F)(F)F)C(=O)O. The molecule has 0 aromatic rings. The fourth-order valence-electron chi connectivity index (χ4n) is 0.562. The van der Waals surface area contributed by atoms with Crippen molar-refractivity contribution in [2.24, 2.45) is 0 Å². The van der Waals surface area contributed by atoms with Crippen molar-refractivity contribution in [2.45, 2.75) is 24.9 Å². The molecule has 0 fully saturated rings. The molecule has 0 rings (SSSR count). The van der Waals surface area contributed by atoms with E-state index in [4.69, 9.17) is 5.11 Å². The summed E-state index contributed by atoms with van der Waals surface area (Å²) in [6.45, 7) is 1.25. The molecule has 0 aliphatic rings. The van der Waals surface area contributed by atoms with Crippen molar-refractivity contribution in [2.75, 3.05) is 0 Å². The van der Waals surface area contributed by atoms with Crippen LogP contribution in [0.15, 0.2) is 0 Å². The Balaban J connectivity index is 4.75. The highest BCUT2D eigenvalue weighted by Gasteiger charge is 2.47. The van der Waals surface area contributed by atoms with E-state index in [1.807, 2.05) is 0 Å². The largest absolute Gasteiger partial charge is 0.511 e. The average molecular weight is 235 g/mol. The van der Waals surface area contributed by atoms with Gasteiger partial charge in [0.1, 0.15) is 6.04 Å². The van der Waals surface area contributed by atoms with Crippen LogP contribution in [0, 0.1) is 0 Å². The van der Waals surface area contributed by atoms with Gasteiger partial charge in [0.05, 0.1) is 0 Å². The number of nitrogens with one attached hydrogen (secondary N) is 1. The molecule has 14 heavy (non-hydrogen) atoms. The molecule has 84 valence electrons. The molecule has 0 aromatic heterocycles. The molecule has 0 bridgehead atoms. The van der Waals surface area contributed by atoms with Crippen LogP contribution in [0.4, 0.5) is 13.2 Å². The first kappa shape index (κ1) is 13.2. The lowest BCUT2D eigenvalue weighted by Gasteiger charge is -2.14. The molecule has 0 amide bonds. The van der Waals surface area contributed by atoms with Crippen LogP contribution in [0.3, 0.4) is 0 Å². The molecule has 5 nitrogen and oxygen atoms in total. The summed E-state index contributed by atoms with van der Waals surface area (Å²) in [5.41, 5.74) is -5.49. The summed E-state index contributed by atoms with van der Waals surface area (Å²) in [6, 6.07) is -1.76. The van der Waals surface area contributed by atoms with Gasteiger partial charge in [0.15, 0.2) is 0 Å². The van der Waals surface area contributed by atoms with E-state index in [-0.39, 0.29) is 6.42 Å². The van der Waals surface area contributed by atoms with Crippen LogP contribution in [0.25, 0.3) is 0 Å². The van der Waals surface area contributed by atoms with Gasteiger partial charge in [-0.15, -0.1) is 0 Å². The van der Waals surface area contributed by atoms with Gasteiger partial charge in [0.25, 0.3) is 0 Å². The molecular formula is C5H8F3NO4S. The summed E-state index contributed by atoms with van der Waals surface area (Å²) in [7, 11) is -5.58. The normalized spacial score (nSPS) is 15.1. The lowest BCUT2D eigenvalue weighted by atomic mass is 10.2. The van der Waals surface area contributed by atoms with E-state index in [9.17, 15) is 26.4 Å². The Hall–Kier alpha value is -0.830. The Bertz CT molecular complexity index is 309. The van der Waals surface area contributed by atoms with Gasteiger partial charge in [-0.1, -0.05) is 6.92 Å². The predicted molar refractivity (Wildman–Crippen MR) is 39.8 cm³/mol. The predicted octanol–water partition coefficient (Wildman–Crippen LogP) is 0.289. The van der Waals surface area contributed by atoms with Crippen LogP contribution in [-0.4, -0.2) is 31.0 Å². The van der Waals surface area contributed by atoms with E-state index in [0.29, 0.717) is 0 Å². The van der Waals surface area contributed by atoms with Gasteiger partial charge in [0.2, 0.25) is 0 Å². The number of hydrogen-bond acceptors (Lipinski definition) is 3. The second kappa shape index (κ2) is 4.13. The maximum absolute atomic E-state index is 11.8. The fourth-order valence-corrected chi connectivity index (χ4v) is 1.34. The monoisotopic (exact) mass is 235 g/mol. The van der Waals surface area contributed by atoms with E-state index < -0.39 is 27.5 Å².